The fourth-order valence-corrected chi connectivity index (χ4v) is 1.10. The lowest BCUT2D eigenvalue weighted by atomic mass is 9.81. The number of rotatable bonds is 5. The summed E-state index contributed by atoms with van der Waals surface area (Å²) in [6.45, 7) is 14.5. The Hall–Kier alpha value is -0.0800. The summed E-state index contributed by atoms with van der Waals surface area (Å²) >= 11 is 0. The molecule has 0 aromatic heterocycles. The molecule has 0 fully saturated rings. The summed E-state index contributed by atoms with van der Waals surface area (Å²) in [7, 11) is 0. The van der Waals surface area contributed by atoms with Crippen LogP contribution in [0.15, 0.2) is 0 Å². The summed E-state index contributed by atoms with van der Waals surface area (Å²) in [6.07, 6.45) is 1.04. The van der Waals surface area contributed by atoms with E-state index in [0.29, 0.717) is 12.5 Å². The average Bonchev–Trinajstić information content (AvgIpc) is 2.03. The molecule has 2 nitrogen and oxygen atoms in total. The van der Waals surface area contributed by atoms with Crippen LogP contribution in [0.5, 0.6) is 0 Å². The highest BCUT2D eigenvalue weighted by molar-refractivity contribution is 4.76. The van der Waals surface area contributed by atoms with Gasteiger partial charge in [-0.3, -0.25) is 0 Å². The topological polar surface area (TPSA) is 35.2 Å². The normalized spacial score (nSPS) is 15.6. The van der Waals surface area contributed by atoms with Gasteiger partial charge in [0.05, 0.1) is 12.2 Å². The molecule has 0 heterocycles. The van der Waals surface area contributed by atoms with Crippen molar-refractivity contribution in [1.82, 2.24) is 0 Å². The van der Waals surface area contributed by atoms with Crippen molar-refractivity contribution in [2.24, 2.45) is 17.1 Å². The average molecular weight is 201 g/mol. The minimum Gasteiger partial charge on any atom is -0.375 e. The first-order valence-electron chi connectivity index (χ1n) is 5.57. The van der Waals surface area contributed by atoms with Gasteiger partial charge in [0.25, 0.3) is 0 Å². The van der Waals surface area contributed by atoms with Gasteiger partial charge in [0, 0.05) is 0 Å². The van der Waals surface area contributed by atoms with E-state index in [4.69, 9.17) is 10.5 Å². The smallest absolute Gasteiger partial charge is 0.0624 e. The molecule has 0 aliphatic carbocycles. The summed E-state index contributed by atoms with van der Waals surface area (Å²) in [5, 5.41) is 0. The van der Waals surface area contributed by atoms with Crippen LogP contribution < -0.4 is 5.73 Å². The molecule has 2 N–H and O–H groups in total. The van der Waals surface area contributed by atoms with E-state index in [1.54, 1.807) is 0 Å². The van der Waals surface area contributed by atoms with Gasteiger partial charge in [-0.05, 0) is 38.1 Å². The fraction of sp³-hybridized carbons (Fsp3) is 1.00. The van der Waals surface area contributed by atoms with Crippen LogP contribution in [0.1, 0.15) is 48.0 Å². The quantitative estimate of drug-likeness (QED) is 0.742. The Morgan fingerprint density at radius 3 is 1.93 bits per heavy atom. The highest BCUT2D eigenvalue weighted by atomic mass is 16.5. The molecule has 86 valence electrons. The van der Waals surface area contributed by atoms with Crippen LogP contribution in [0, 0.1) is 11.3 Å². The summed E-state index contributed by atoms with van der Waals surface area (Å²) in [6, 6.07) is 0. The van der Waals surface area contributed by atoms with Crippen LogP contribution in [0.4, 0.5) is 0 Å². The summed E-state index contributed by atoms with van der Waals surface area (Å²) < 4.78 is 5.88. The molecular weight excluding hydrogens is 174 g/mol. The molecular formula is C12H27NO. The molecule has 2 heteroatoms. The van der Waals surface area contributed by atoms with E-state index in [1.807, 2.05) is 0 Å². The molecule has 1 unspecified atom stereocenters. The van der Waals surface area contributed by atoms with E-state index in [0.717, 1.165) is 13.0 Å². The first-order valence-corrected chi connectivity index (χ1v) is 5.57. The molecule has 0 aromatic carbocycles. The predicted molar refractivity (Wildman–Crippen MR) is 62.3 cm³/mol. The van der Waals surface area contributed by atoms with Gasteiger partial charge in [-0.15, -0.1) is 0 Å². The molecule has 0 rings (SSSR count). The summed E-state index contributed by atoms with van der Waals surface area (Å²) in [5.41, 5.74) is 5.97. The third kappa shape index (κ3) is 4.97. The van der Waals surface area contributed by atoms with Crippen LogP contribution in [-0.4, -0.2) is 18.8 Å². The van der Waals surface area contributed by atoms with Gasteiger partial charge in [0.2, 0.25) is 0 Å². The molecule has 0 bridgehead atoms. The molecule has 0 radical (unpaired) electrons. The number of ether oxygens (including phenoxy) is 1. The minimum atomic E-state index is -0.0152. The summed E-state index contributed by atoms with van der Waals surface area (Å²) in [5.74, 6) is 0.438. The van der Waals surface area contributed by atoms with Gasteiger partial charge in [-0.1, -0.05) is 27.7 Å². The van der Waals surface area contributed by atoms with Crippen molar-refractivity contribution in [1.29, 1.82) is 0 Å². The minimum absolute atomic E-state index is 0.0152. The zero-order valence-electron chi connectivity index (χ0n) is 10.7. The van der Waals surface area contributed by atoms with E-state index >= 15 is 0 Å². The Kier molecular flexibility index (Phi) is 5.10. The molecule has 0 spiro atoms. The standard InChI is InChI=1S/C12H27NO/c1-7-12(5,6)14-9-10(8-13)11(2,3)4/h10H,7-9,13H2,1-6H3. The molecule has 14 heavy (non-hydrogen) atoms. The Bertz CT molecular complexity index is 158. The first kappa shape index (κ1) is 13.9. The van der Waals surface area contributed by atoms with E-state index in [-0.39, 0.29) is 11.0 Å². The monoisotopic (exact) mass is 201 g/mol. The molecule has 0 aliphatic heterocycles. The van der Waals surface area contributed by atoms with Crippen LogP contribution >= 0.6 is 0 Å². The molecule has 0 amide bonds. The van der Waals surface area contributed by atoms with E-state index < -0.39 is 0 Å². The Labute approximate surface area is 89.2 Å². The van der Waals surface area contributed by atoms with Gasteiger partial charge in [0.15, 0.2) is 0 Å². The molecule has 0 saturated carbocycles. The van der Waals surface area contributed by atoms with E-state index in [1.165, 1.54) is 0 Å². The van der Waals surface area contributed by atoms with E-state index in [2.05, 4.69) is 41.5 Å². The predicted octanol–water partition coefficient (Wildman–Crippen LogP) is 2.81. The second kappa shape index (κ2) is 5.13. The highest BCUT2D eigenvalue weighted by Gasteiger charge is 2.26. The number of hydrogen-bond donors (Lipinski definition) is 1. The Balaban J connectivity index is 4.10. The van der Waals surface area contributed by atoms with Gasteiger partial charge in [-0.2, -0.15) is 0 Å². The van der Waals surface area contributed by atoms with Crippen molar-refractivity contribution < 1.29 is 4.74 Å². The van der Waals surface area contributed by atoms with Crippen LogP contribution in [0.2, 0.25) is 0 Å². The van der Waals surface area contributed by atoms with Gasteiger partial charge >= 0.3 is 0 Å². The van der Waals surface area contributed by atoms with Gasteiger partial charge in [-0.25, -0.2) is 0 Å². The third-order valence-electron chi connectivity index (χ3n) is 3.04. The van der Waals surface area contributed by atoms with Crippen molar-refractivity contribution in [3.8, 4) is 0 Å². The van der Waals surface area contributed by atoms with Gasteiger partial charge in [0.1, 0.15) is 0 Å². The SMILES string of the molecule is CCC(C)(C)OCC(CN)C(C)(C)C. The van der Waals surface area contributed by atoms with Crippen LogP contribution in [-0.2, 0) is 4.74 Å². The maximum Gasteiger partial charge on any atom is 0.0624 e. The second-order valence-corrected chi connectivity index (χ2v) is 5.72. The zero-order valence-corrected chi connectivity index (χ0v) is 10.7. The van der Waals surface area contributed by atoms with Gasteiger partial charge < -0.3 is 10.5 Å². The number of hydrogen-bond acceptors (Lipinski definition) is 2. The molecule has 0 aliphatic rings. The lowest BCUT2D eigenvalue weighted by molar-refractivity contribution is -0.0526. The highest BCUT2D eigenvalue weighted by Crippen LogP contribution is 2.27. The van der Waals surface area contributed by atoms with E-state index in [9.17, 15) is 0 Å². The lowest BCUT2D eigenvalue weighted by Crippen LogP contribution is -2.36. The maximum absolute atomic E-state index is 5.88. The van der Waals surface area contributed by atoms with Crippen molar-refractivity contribution >= 4 is 0 Å². The first-order chi connectivity index (χ1) is 6.23. The van der Waals surface area contributed by atoms with Crippen molar-refractivity contribution in [2.75, 3.05) is 13.2 Å². The largest absolute Gasteiger partial charge is 0.375 e. The van der Waals surface area contributed by atoms with Crippen molar-refractivity contribution in [3.05, 3.63) is 0 Å². The van der Waals surface area contributed by atoms with Crippen molar-refractivity contribution in [2.45, 2.75) is 53.6 Å². The van der Waals surface area contributed by atoms with Crippen LogP contribution in [0.3, 0.4) is 0 Å². The number of nitrogens with two attached hydrogens (primary N) is 1. The van der Waals surface area contributed by atoms with Crippen LogP contribution in [0.25, 0.3) is 0 Å². The summed E-state index contributed by atoms with van der Waals surface area (Å²) in [4.78, 5) is 0. The fourth-order valence-electron chi connectivity index (χ4n) is 1.10. The molecule has 1 atom stereocenters. The molecule has 0 saturated heterocycles. The second-order valence-electron chi connectivity index (χ2n) is 5.72. The third-order valence-corrected chi connectivity index (χ3v) is 3.04. The van der Waals surface area contributed by atoms with Crippen molar-refractivity contribution in [3.63, 3.8) is 0 Å². The zero-order chi connectivity index (χ0) is 11.4. The Morgan fingerprint density at radius 2 is 1.64 bits per heavy atom. The molecule has 0 aromatic rings. The maximum atomic E-state index is 5.88. The lowest BCUT2D eigenvalue weighted by Gasteiger charge is -2.33. The Morgan fingerprint density at radius 1 is 1.14 bits per heavy atom.